The number of thioether (sulfide) groups is 1. The highest BCUT2D eigenvalue weighted by molar-refractivity contribution is 8.13. The third-order valence-corrected chi connectivity index (χ3v) is 2.44. The van der Waals surface area contributed by atoms with Crippen molar-refractivity contribution in [3.63, 3.8) is 0 Å². The number of halogens is 3. The first-order valence-corrected chi connectivity index (χ1v) is 4.91. The molecule has 1 atom stereocenters. The van der Waals surface area contributed by atoms with Crippen molar-refractivity contribution < 1.29 is 18.3 Å². The zero-order chi connectivity index (χ0) is 10.9. The number of amidine groups is 1. The number of allylic oxidation sites excluding steroid dienone is 1. The summed E-state index contributed by atoms with van der Waals surface area (Å²) in [5, 5.41) is 9.41. The molecule has 0 fully saturated rings. The third-order valence-electron chi connectivity index (χ3n) is 1.69. The second kappa shape index (κ2) is 3.82. The summed E-state index contributed by atoms with van der Waals surface area (Å²) in [7, 11) is 1.48. The zero-order valence-electron chi connectivity index (χ0n) is 7.54. The molecular formula is C7H9F3N2OS. The summed E-state index contributed by atoms with van der Waals surface area (Å²) in [5.41, 5.74) is -1.05. The fourth-order valence-corrected chi connectivity index (χ4v) is 1.52. The summed E-state index contributed by atoms with van der Waals surface area (Å²) in [6, 6.07) is 0. The van der Waals surface area contributed by atoms with Gasteiger partial charge in [0.05, 0.1) is 0 Å². The molecule has 0 aromatic heterocycles. The summed E-state index contributed by atoms with van der Waals surface area (Å²) >= 11 is 1.05. The van der Waals surface area contributed by atoms with Crippen molar-refractivity contribution in [1.29, 1.82) is 0 Å². The van der Waals surface area contributed by atoms with E-state index >= 15 is 0 Å². The van der Waals surface area contributed by atoms with Crippen LogP contribution in [0.5, 0.6) is 0 Å². The molecule has 0 radical (unpaired) electrons. The maximum atomic E-state index is 12.2. The van der Waals surface area contributed by atoms with E-state index in [-0.39, 0.29) is 5.17 Å². The molecule has 0 aromatic carbocycles. The Labute approximate surface area is 83.3 Å². The van der Waals surface area contributed by atoms with Gasteiger partial charge in [0, 0.05) is 7.05 Å². The number of hydrogen-bond donors (Lipinski definition) is 1. The van der Waals surface area contributed by atoms with E-state index in [1.165, 1.54) is 11.9 Å². The van der Waals surface area contributed by atoms with Gasteiger partial charge in [-0.1, -0.05) is 11.8 Å². The lowest BCUT2D eigenvalue weighted by molar-refractivity contribution is -0.0946. The molecule has 1 aliphatic rings. The van der Waals surface area contributed by atoms with Gasteiger partial charge in [0.25, 0.3) is 0 Å². The van der Waals surface area contributed by atoms with Crippen LogP contribution in [0.1, 0.15) is 0 Å². The number of likely N-dealkylation sites (N-methyl/N-ethyl adjacent to an activating group) is 1. The first-order chi connectivity index (χ1) is 6.36. The van der Waals surface area contributed by atoms with E-state index in [2.05, 4.69) is 4.99 Å². The zero-order valence-corrected chi connectivity index (χ0v) is 8.35. The van der Waals surface area contributed by atoms with Gasteiger partial charge in [-0.15, -0.1) is 0 Å². The largest absolute Gasteiger partial charge is 0.433 e. The SMILES string of the molecule is CSC1=NC(C(F)(F)F)=CC(O)N1C. The van der Waals surface area contributed by atoms with Crippen molar-refractivity contribution in [2.75, 3.05) is 13.3 Å². The number of aliphatic imine (C=N–C) groups is 1. The molecule has 0 bridgehead atoms. The molecule has 0 saturated heterocycles. The van der Waals surface area contributed by atoms with Crippen molar-refractivity contribution in [1.82, 2.24) is 4.90 Å². The predicted molar refractivity (Wildman–Crippen MR) is 48.9 cm³/mol. The van der Waals surface area contributed by atoms with Crippen LogP contribution < -0.4 is 0 Å². The molecule has 1 rings (SSSR count). The molecule has 0 amide bonds. The average Bonchev–Trinajstić information content (AvgIpc) is 2.07. The van der Waals surface area contributed by atoms with E-state index in [0.717, 1.165) is 11.8 Å². The molecule has 7 heteroatoms. The lowest BCUT2D eigenvalue weighted by Gasteiger charge is -2.28. The second-order valence-electron chi connectivity index (χ2n) is 2.67. The number of hydrogen-bond acceptors (Lipinski definition) is 4. The summed E-state index contributed by atoms with van der Waals surface area (Å²) in [6.07, 6.45) is -3.50. The molecule has 0 spiro atoms. The van der Waals surface area contributed by atoms with Crippen LogP contribution >= 0.6 is 11.8 Å². The van der Waals surface area contributed by atoms with Crippen LogP contribution in [0.4, 0.5) is 13.2 Å². The highest BCUT2D eigenvalue weighted by Gasteiger charge is 2.37. The molecule has 1 aliphatic heterocycles. The average molecular weight is 226 g/mol. The smallest absolute Gasteiger partial charge is 0.370 e. The van der Waals surface area contributed by atoms with Crippen LogP contribution in [0.25, 0.3) is 0 Å². The summed E-state index contributed by atoms with van der Waals surface area (Å²) in [6.45, 7) is 0. The number of rotatable bonds is 0. The fourth-order valence-electron chi connectivity index (χ4n) is 0.933. The Bertz CT molecular complexity index is 287. The van der Waals surface area contributed by atoms with Crippen molar-refractivity contribution >= 4 is 16.9 Å². The van der Waals surface area contributed by atoms with Crippen molar-refractivity contribution in [3.8, 4) is 0 Å². The van der Waals surface area contributed by atoms with E-state index in [4.69, 9.17) is 0 Å². The van der Waals surface area contributed by atoms with Crippen LogP contribution in [-0.2, 0) is 0 Å². The van der Waals surface area contributed by atoms with Crippen LogP contribution in [0.3, 0.4) is 0 Å². The van der Waals surface area contributed by atoms with E-state index in [0.29, 0.717) is 6.08 Å². The lowest BCUT2D eigenvalue weighted by Crippen LogP contribution is -2.38. The summed E-state index contributed by atoms with van der Waals surface area (Å²) in [4.78, 5) is 4.65. The molecule has 0 aromatic rings. The minimum atomic E-state index is -4.51. The Balaban J connectivity index is 3.01. The third kappa shape index (κ3) is 2.21. The van der Waals surface area contributed by atoms with E-state index < -0.39 is 18.1 Å². The van der Waals surface area contributed by atoms with Gasteiger partial charge in [0.2, 0.25) is 0 Å². The molecule has 80 valence electrons. The van der Waals surface area contributed by atoms with Crippen molar-refractivity contribution in [2.24, 2.45) is 4.99 Å². The summed E-state index contributed by atoms with van der Waals surface area (Å²) < 4.78 is 36.7. The second-order valence-corrected chi connectivity index (χ2v) is 3.45. The number of aliphatic hydroxyl groups is 1. The Kier molecular flexibility index (Phi) is 3.10. The quantitative estimate of drug-likeness (QED) is 0.678. The van der Waals surface area contributed by atoms with Crippen LogP contribution in [0.15, 0.2) is 16.8 Å². The van der Waals surface area contributed by atoms with Gasteiger partial charge in [-0.05, 0) is 12.3 Å². The molecule has 3 nitrogen and oxygen atoms in total. The molecule has 1 heterocycles. The standard InChI is InChI=1S/C7H9F3N2OS/c1-12-5(13)3-4(7(8,9)10)11-6(12)14-2/h3,5,13H,1-2H3. The van der Waals surface area contributed by atoms with Crippen LogP contribution in [0.2, 0.25) is 0 Å². The Morgan fingerprint density at radius 2 is 2.14 bits per heavy atom. The fraction of sp³-hybridized carbons (Fsp3) is 0.571. The Morgan fingerprint density at radius 3 is 2.57 bits per heavy atom. The maximum Gasteiger partial charge on any atom is 0.433 e. The predicted octanol–water partition coefficient (Wildman–Crippen LogP) is 1.42. The van der Waals surface area contributed by atoms with Gasteiger partial charge >= 0.3 is 6.18 Å². The van der Waals surface area contributed by atoms with Crippen molar-refractivity contribution in [3.05, 3.63) is 11.8 Å². The topological polar surface area (TPSA) is 35.8 Å². The number of alkyl halides is 3. The first kappa shape index (κ1) is 11.4. The summed E-state index contributed by atoms with van der Waals surface area (Å²) in [5.74, 6) is 0. The molecule has 0 aliphatic carbocycles. The van der Waals surface area contributed by atoms with Crippen LogP contribution in [-0.4, -0.2) is 40.9 Å². The monoisotopic (exact) mass is 226 g/mol. The number of aliphatic hydroxyl groups excluding tert-OH is 1. The highest BCUT2D eigenvalue weighted by Crippen LogP contribution is 2.30. The Hall–Kier alpha value is -0.690. The maximum absolute atomic E-state index is 12.2. The molecule has 14 heavy (non-hydrogen) atoms. The first-order valence-electron chi connectivity index (χ1n) is 3.69. The minimum absolute atomic E-state index is 0.146. The molecule has 1 unspecified atom stereocenters. The normalized spacial score (nSPS) is 23.3. The van der Waals surface area contributed by atoms with E-state index in [9.17, 15) is 18.3 Å². The van der Waals surface area contributed by atoms with E-state index in [1.54, 1.807) is 6.26 Å². The van der Waals surface area contributed by atoms with Gasteiger partial charge < -0.3 is 10.0 Å². The van der Waals surface area contributed by atoms with Gasteiger partial charge in [0.1, 0.15) is 11.9 Å². The Morgan fingerprint density at radius 1 is 1.57 bits per heavy atom. The molecule has 1 N–H and O–H groups in total. The van der Waals surface area contributed by atoms with Gasteiger partial charge in [-0.2, -0.15) is 13.2 Å². The van der Waals surface area contributed by atoms with Gasteiger partial charge in [-0.25, -0.2) is 4.99 Å². The van der Waals surface area contributed by atoms with Crippen molar-refractivity contribution in [2.45, 2.75) is 12.4 Å². The van der Waals surface area contributed by atoms with Gasteiger partial charge in [-0.3, -0.25) is 0 Å². The molecule has 0 saturated carbocycles. The van der Waals surface area contributed by atoms with Crippen LogP contribution in [0, 0.1) is 0 Å². The lowest BCUT2D eigenvalue weighted by atomic mass is 10.3. The highest BCUT2D eigenvalue weighted by atomic mass is 32.2. The minimum Gasteiger partial charge on any atom is -0.370 e. The molecular weight excluding hydrogens is 217 g/mol. The number of nitrogens with zero attached hydrogens (tertiary/aromatic N) is 2. The van der Waals surface area contributed by atoms with E-state index in [1.807, 2.05) is 0 Å². The van der Waals surface area contributed by atoms with Gasteiger partial charge in [0.15, 0.2) is 5.17 Å².